The molecule has 0 aliphatic carbocycles. The van der Waals surface area contributed by atoms with Gasteiger partial charge in [-0.3, -0.25) is 0 Å². The molecule has 2 heterocycles. The largest absolute Gasteiger partial charge is 0.514 e. The summed E-state index contributed by atoms with van der Waals surface area (Å²) in [6.45, 7) is 9.43. The summed E-state index contributed by atoms with van der Waals surface area (Å²) in [5, 5.41) is 0. The third kappa shape index (κ3) is 11.8. The van der Waals surface area contributed by atoms with Crippen LogP contribution in [0.3, 0.4) is 0 Å². The maximum atomic E-state index is 11.8. The van der Waals surface area contributed by atoms with Crippen LogP contribution in [-0.2, 0) is 38.0 Å². The maximum absolute atomic E-state index is 11.8. The Hall–Kier alpha value is -3.56. The number of allylic oxidation sites excluding steroid dienone is 2. The van der Waals surface area contributed by atoms with Crippen molar-refractivity contribution in [2.75, 3.05) is 13.2 Å². The van der Waals surface area contributed by atoms with Gasteiger partial charge in [0.2, 0.25) is 0 Å². The van der Waals surface area contributed by atoms with E-state index in [0.717, 1.165) is 32.1 Å². The topological polar surface area (TPSA) is 124 Å². The Kier molecular flexibility index (Phi) is 12.3. The summed E-state index contributed by atoms with van der Waals surface area (Å²) in [7, 11) is 0. The summed E-state index contributed by atoms with van der Waals surface area (Å²) < 4.78 is 30.3. The van der Waals surface area contributed by atoms with Gasteiger partial charge in [0, 0.05) is 25.0 Å². The van der Waals surface area contributed by atoms with Crippen LogP contribution in [0.1, 0.15) is 79.6 Å². The number of unbranched alkanes of at least 4 members (excludes halogenated alkanes) is 1. The summed E-state index contributed by atoms with van der Waals surface area (Å²) in [6, 6.07) is 0. The van der Waals surface area contributed by atoms with Gasteiger partial charge in [-0.15, -0.1) is 0 Å². The van der Waals surface area contributed by atoms with Gasteiger partial charge < -0.3 is 28.4 Å². The summed E-state index contributed by atoms with van der Waals surface area (Å²) in [5.41, 5.74) is -1.61. The fraction of sp³-hybridized carbons (Fsp3) is 0.586. The fourth-order valence-corrected chi connectivity index (χ4v) is 3.82. The molecule has 10 heteroatoms. The second-order valence-corrected chi connectivity index (χ2v) is 10.4. The third-order valence-corrected chi connectivity index (χ3v) is 6.04. The zero-order chi connectivity index (χ0) is 28.9. The fourth-order valence-electron chi connectivity index (χ4n) is 3.82. The number of cyclic esters (lactones) is 4. The number of esters is 2. The average Bonchev–Trinajstić information content (AvgIpc) is 3.26. The van der Waals surface area contributed by atoms with E-state index in [1.165, 1.54) is 12.2 Å². The zero-order valence-electron chi connectivity index (χ0n) is 23.5. The monoisotopic (exact) mass is 548 g/mol. The Balaban J connectivity index is 1.49. The van der Waals surface area contributed by atoms with Crippen molar-refractivity contribution in [1.82, 2.24) is 0 Å². The van der Waals surface area contributed by atoms with Crippen LogP contribution < -0.4 is 0 Å². The molecule has 2 aliphatic heterocycles. The summed E-state index contributed by atoms with van der Waals surface area (Å²) in [5.74, 6) is 0.497. The number of carbonyl (C=O) groups is 4. The summed E-state index contributed by atoms with van der Waals surface area (Å²) >= 11 is 0. The molecule has 0 aromatic heterocycles. The molecule has 216 valence electrons. The van der Waals surface area contributed by atoms with Crippen LogP contribution in [-0.4, -0.2) is 48.7 Å². The van der Waals surface area contributed by atoms with Crippen LogP contribution in [0.5, 0.6) is 0 Å². The molecule has 0 bridgehead atoms. The predicted molar refractivity (Wildman–Crippen MR) is 141 cm³/mol. The molecule has 10 nitrogen and oxygen atoms in total. The first-order valence-corrected chi connectivity index (χ1v) is 13.3. The molecular weight excluding hydrogens is 508 g/mol. The van der Waals surface area contributed by atoms with Crippen LogP contribution >= 0.6 is 0 Å². The second kappa shape index (κ2) is 15.1. The van der Waals surface area contributed by atoms with Crippen LogP contribution in [0.4, 0.5) is 9.59 Å². The van der Waals surface area contributed by atoms with Crippen molar-refractivity contribution in [2.24, 2.45) is 5.92 Å². The van der Waals surface area contributed by atoms with E-state index in [-0.39, 0.29) is 13.2 Å². The summed E-state index contributed by atoms with van der Waals surface area (Å²) in [6.07, 6.45) is 13.7. The molecule has 39 heavy (non-hydrogen) atoms. The predicted octanol–water partition coefficient (Wildman–Crippen LogP) is 6.21. The highest BCUT2D eigenvalue weighted by Crippen LogP contribution is 2.30. The van der Waals surface area contributed by atoms with Crippen LogP contribution in [0, 0.1) is 5.92 Å². The molecule has 0 N–H and O–H groups in total. The van der Waals surface area contributed by atoms with Crippen molar-refractivity contribution in [3.63, 3.8) is 0 Å². The van der Waals surface area contributed by atoms with Crippen LogP contribution in [0.2, 0.25) is 0 Å². The standard InChI is InChI=1S/C29H40O10/c1-21(14-9-10-18-25(31)35-20-12-16-23-29(4,5)39-27(33)37-23)13-7-6-8-17-24(30)34-19-11-15-22-28(2,3)38-26(32)36-22/h8,10,15-18,21H,6-7,9,11-14,19-20H2,1-5H3/b17-8?,18-10?,22-15+,23-16+. The molecule has 0 aromatic carbocycles. The smallest absolute Gasteiger partial charge is 0.462 e. The lowest BCUT2D eigenvalue weighted by molar-refractivity contribution is -0.138. The Bertz CT molecular complexity index is 1000. The minimum absolute atomic E-state index is 0.181. The van der Waals surface area contributed by atoms with Gasteiger partial charge in [0.1, 0.15) is 0 Å². The number of carbonyl (C=O) groups excluding carboxylic acids is 4. The lowest BCUT2D eigenvalue weighted by Gasteiger charge is -2.13. The molecule has 2 aliphatic rings. The molecule has 0 spiro atoms. The highest BCUT2D eigenvalue weighted by molar-refractivity contribution is 5.82. The van der Waals surface area contributed by atoms with Crippen molar-refractivity contribution < 1.29 is 47.6 Å². The number of hydrogen-bond acceptors (Lipinski definition) is 10. The lowest BCUT2D eigenvalue weighted by atomic mass is 9.98. The van der Waals surface area contributed by atoms with Gasteiger partial charge in [-0.2, -0.15) is 0 Å². The van der Waals surface area contributed by atoms with E-state index in [4.69, 9.17) is 28.4 Å². The Morgan fingerprint density at radius 3 is 1.64 bits per heavy atom. The van der Waals surface area contributed by atoms with E-state index in [9.17, 15) is 19.2 Å². The van der Waals surface area contributed by atoms with Gasteiger partial charge in [0.15, 0.2) is 22.7 Å². The van der Waals surface area contributed by atoms with Gasteiger partial charge in [0.25, 0.3) is 0 Å². The molecule has 2 rings (SSSR count). The van der Waals surface area contributed by atoms with Gasteiger partial charge in [-0.25, -0.2) is 19.2 Å². The Labute approximate surface area is 230 Å². The first kappa shape index (κ1) is 31.7. The molecule has 0 radical (unpaired) electrons. The zero-order valence-corrected chi connectivity index (χ0v) is 23.5. The SMILES string of the molecule is CC(CCC=CC(=O)OCC/C=C1/OC(=O)OC1(C)C)CCCC=CC(=O)OCC/C=C1/OC(=O)OC1(C)C. The Morgan fingerprint density at radius 1 is 0.744 bits per heavy atom. The van der Waals surface area contributed by atoms with E-state index in [1.807, 2.05) is 6.08 Å². The van der Waals surface area contributed by atoms with Crippen molar-refractivity contribution in [2.45, 2.75) is 90.8 Å². The average molecular weight is 549 g/mol. The normalized spacial score (nSPS) is 20.6. The first-order chi connectivity index (χ1) is 18.4. The van der Waals surface area contributed by atoms with Crippen molar-refractivity contribution in [1.29, 1.82) is 0 Å². The van der Waals surface area contributed by atoms with Crippen molar-refractivity contribution >= 4 is 24.2 Å². The highest BCUT2D eigenvalue weighted by Gasteiger charge is 2.39. The van der Waals surface area contributed by atoms with Gasteiger partial charge in [-0.05, 0) is 71.4 Å². The number of ether oxygens (including phenoxy) is 6. The van der Waals surface area contributed by atoms with Crippen molar-refractivity contribution in [3.05, 3.63) is 48.0 Å². The molecule has 0 amide bonds. The van der Waals surface area contributed by atoms with Gasteiger partial charge in [-0.1, -0.05) is 25.5 Å². The van der Waals surface area contributed by atoms with E-state index < -0.39 is 35.5 Å². The first-order valence-electron chi connectivity index (χ1n) is 13.3. The van der Waals surface area contributed by atoms with E-state index in [1.54, 1.807) is 45.9 Å². The second-order valence-electron chi connectivity index (χ2n) is 10.4. The van der Waals surface area contributed by atoms with Gasteiger partial charge >= 0.3 is 24.2 Å². The van der Waals surface area contributed by atoms with E-state index >= 15 is 0 Å². The van der Waals surface area contributed by atoms with Crippen LogP contribution in [0.25, 0.3) is 0 Å². The lowest BCUT2D eigenvalue weighted by Crippen LogP contribution is -2.20. The van der Waals surface area contributed by atoms with E-state index in [0.29, 0.717) is 30.3 Å². The molecule has 1 atom stereocenters. The molecule has 1 unspecified atom stereocenters. The van der Waals surface area contributed by atoms with Crippen LogP contribution in [0.15, 0.2) is 48.0 Å². The third-order valence-electron chi connectivity index (χ3n) is 6.04. The highest BCUT2D eigenvalue weighted by atomic mass is 16.8. The molecular formula is C29H40O10. The molecule has 0 saturated carbocycles. The Morgan fingerprint density at radius 2 is 1.21 bits per heavy atom. The molecule has 2 fully saturated rings. The summed E-state index contributed by atoms with van der Waals surface area (Å²) in [4.78, 5) is 46.0. The van der Waals surface area contributed by atoms with E-state index in [2.05, 4.69) is 6.92 Å². The minimum atomic E-state index is -0.803. The molecule has 2 saturated heterocycles. The minimum Gasteiger partial charge on any atom is -0.462 e. The number of rotatable bonds is 15. The quantitative estimate of drug-likeness (QED) is 0.101. The molecule has 0 aromatic rings. The maximum Gasteiger partial charge on any atom is 0.514 e. The van der Waals surface area contributed by atoms with Crippen molar-refractivity contribution in [3.8, 4) is 0 Å². The number of hydrogen-bond donors (Lipinski definition) is 0. The van der Waals surface area contributed by atoms with Gasteiger partial charge in [0.05, 0.1) is 13.2 Å².